The molecule has 0 radical (unpaired) electrons. The van der Waals surface area contributed by atoms with Gasteiger partial charge in [-0.15, -0.1) is 12.4 Å². The lowest BCUT2D eigenvalue weighted by Crippen LogP contribution is -2.41. The molecular weight excluding hydrogens is 234 g/mol. The quantitative estimate of drug-likeness (QED) is 0.899. The van der Waals surface area contributed by atoms with Gasteiger partial charge in [0.1, 0.15) is 0 Å². The molecule has 2 atom stereocenters. The van der Waals surface area contributed by atoms with Crippen LogP contribution in [0.15, 0.2) is 24.5 Å². The summed E-state index contributed by atoms with van der Waals surface area (Å²) in [5.74, 6) is 0.658. The van der Waals surface area contributed by atoms with Crippen molar-refractivity contribution in [3.8, 4) is 0 Å². The maximum absolute atomic E-state index is 5.98. The van der Waals surface area contributed by atoms with E-state index in [1.165, 1.54) is 24.9 Å². The fourth-order valence-corrected chi connectivity index (χ4v) is 2.41. The van der Waals surface area contributed by atoms with Crippen LogP contribution in [0.1, 0.15) is 25.3 Å². The third-order valence-electron chi connectivity index (χ3n) is 3.41. The van der Waals surface area contributed by atoms with Crippen molar-refractivity contribution >= 4 is 12.4 Å². The van der Waals surface area contributed by atoms with Crippen molar-refractivity contribution in [3.63, 3.8) is 0 Å². The number of rotatable bonds is 3. The van der Waals surface area contributed by atoms with Crippen molar-refractivity contribution < 1.29 is 0 Å². The highest BCUT2D eigenvalue weighted by atomic mass is 35.5. The van der Waals surface area contributed by atoms with Gasteiger partial charge >= 0.3 is 0 Å². The van der Waals surface area contributed by atoms with Crippen LogP contribution in [-0.4, -0.2) is 29.0 Å². The van der Waals surface area contributed by atoms with Crippen LogP contribution in [0.3, 0.4) is 0 Å². The monoisotopic (exact) mass is 255 g/mol. The Morgan fingerprint density at radius 1 is 1.59 bits per heavy atom. The van der Waals surface area contributed by atoms with E-state index in [0.717, 1.165) is 13.1 Å². The molecule has 1 aromatic rings. The first kappa shape index (κ1) is 14.4. The number of nitrogens with zero attached hydrogens (tertiary/aromatic N) is 2. The minimum Gasteiger partial charge on any atom is -0.328 e. The number of aromatic nitrogens is 1. The van der Waals surface area contributed by atoms with Crippen molar-refractivity contribution in [1.29, 1.82) is 0 Å². The minimum atomic E-state index is 0. The van der Waals surface area contributed by atoms with Gasteiger partial charge in [-0.3, -0.25) is 9.88 Å². The number of likely N-dealkylation sites (tertiary alicyclic amines) is 1. The molecule has 2 unspecified atom stereocenters. The Bertz CT molecular complexity index is 316. The lowest BCUT2D eigenvalue weighted by molar-refractivity contribution is 0.154. The van der Waals surface area contributed by atoms with Crippen molar-refractivity contribution in [2.24, 2.45) is 11.7 Å². The molecule has 1 aliphatic rings. The van der Waals surface area contributed by atoms with Gasteiger partial charge in [-0.25, -0.2) is 0 Å². The van der Waals surface area contributed by atoms with Crippen LogP contribution in [0.2, 0.25) is 0 Å². The largest absolute Gasteiger partial charge is 0.328 e. The molecule has 1 fully saturated rings. The molecule has 2 rings (SSSR count). The van der Waals surface area contributed by atoms with Gasteiger partial charge in [0.05, 0.1) is 0 Å². The van der Waals surface area contributed by atoms with Crippen molar-refractivity contribution in [2.75, 3.05) is 13.1 Å². The van der Waals surface area contributed by atoms with Gasteiger partial charge in [0.2, 0.25) is 0 Å². The maximum Gasteiger partial charge on any atom is 0.0312 e. The first-order chi connectivity index (χ1) is 7.75. The summed E-state index contributed by atoms with van der Waals surface area (Å²) in [6.45, 7) is 5.46. The first-order valence-electron chi connectivity index (χ1n) is 6.12. The Hall–Kier alpha value is -0.640. The summed E-state index contributed by atoms with van der Waals surface area (Å²) in [6.07, 6.45) is 6.33. The standard InChI is InChI=1S/C13H21N3.ClH/c1-11(14)13-5-3-7-16(10-13)9-12-4-2-6-15-8-12;/h2,4,6,8,11,13H,3,5,7,9-10,14H2,1H3;1H. The second-order valence-electron chi connectivity index (χ2n) is 4.86. The number of halogens is 1. The van der Waals surface area contributed by atoms with Crippen LogP contribution < -0.4 is 5.73 Å². The Labute approximate surface area is 110 Å². The lowest BCUT2D eigenvalue weighted by Gasteiger charge is -2.34. The summed E-state index contributed by atoms with van der Waals surface area (Å²) >= 11 is 0. The number of piperidine rings is 1. The average molecular weight is 256 g/mol. The molecule has 1 aliphatic heterocycles. The Morgan fingerprint density at radius 3 is 3.06 bits per heavy atom. The third-order valence-corrected chi connectivity index (χ3v) is 3.41. The molecule has 1 aromatic heterocycles. The second kappa shape index (κ2) is 6.94. The van der Waals surface area contributed by atoms with E-state index < -0.39 is 0 Å². The van der Waals surface area contributed by atoms with Crippen LogP contribution in [0.5, 0.6) is 0 Å². The number of pyridine rings is 1. The topological polar surface area (TPSA) is 42.1 Å². The summed E-state index contributed by atoms with van der Waals surface area (Å²) < 4.78 is 0. The van der Waals surface area contributed by atoms with Crippen molar-refractivity contribution in [1.82, 2.24) is 9.88 Å². The van der Waals surface area contributed by atoms with E-state index in [4.69, 9.17) is 5.73 Å². The molecule has 17 heavy (non-hydrogen) atoms. The Morgan fingerprint density at radius 2 is 2.41 bits per heavy atom. The molecule has 2 N–H and O–H groups in total. The molecule has 4 heteroatoms. The van der Waals surface area contributed by atoms with E-state index in [1.807, 2.05) is 18.5 Å². The van der Waals surface area contributed by atoms with Gasteiger partial charge in [-0.2, -0.15) is 0 Å². The van der Waals surface area contributed by atoms with Gasteiger partial charge in [0.25, 0.3) is 0 Å². The molecule has 0 bridgehead atoms. The Balaban J connectivity index is 0.00000144. The summed E-state index contributed by atoms with van der Waals surface area (Å²) in [5.41, 5.74) is 7.28. The molecule has 0 aromatic carbocycles. The smallest absolute Gasteiger partial charge is 0.0312 e. The highest BCUT2D eigenvalue weighted by molar-refractivity contribution is 5.85. The van der Waals surface area contributed by atoms with E-state index in [0.29, 0.717) is 12.0 Å². The zero-order chi connectivity index (χ0) is 11.4. The molecule has 0 aliphatic carbocycles. The number of hydrogen-bond donors (Lipinski definition) is 1. The molecule has 0 spiro atoms. The molecule has 1 saturated heterocycles. The predicted octanol–water partition coefficient (Wildman–Crippen LogP) is 2.06. The highest BCUT2D eigenvalue weighted by Gasteiger charge is 2.22. The maximum atomic E-state index is 5.98. The van der Waals surface area contributed by atoms with Crippen LogP contribution >= 0.6 is 12.4 Å². The molecule has 3 nitrogen and oxygen atoms in total. The summed E-state index contributed by atoms with van der Waals surface area (Å²) in [4.78, 5) is 6.65. The molecular formula is C13H22ClN3. The fourth-order valence-electron chi connectivity index (χ4n) is 2.41. The van der Waals surface area contributed by atoms with Crippen LogP contribution in [0.4, 0.5) is 0 Å². The molecule has 2 heterocycles. The highest BCUT2D eigenvalue weighted by Crippen LogP contribution is 2.20. The average Bonchev–Trinajstić information content (AvgIpc) is 2.30. The van der Waals surface area contributed by atoms with E-state index >= 15 is 0 Å². The SMILES string of the molecule is CC(N)C1CCCN(Cc2cccnc2)C1.Cl. The van der Waals surface area contributed by atoms with Gasteiger partial charge in [-0.1, -0.05) is 6.07 Å². The number of hydrogen-bond acceptors (Lipinski definition) is 3. The van der Waals surface area contributed by atoms with E-state index in [1.54, 1.807) is 0 Å². The summed E-state index contributed by atoms with van der Waals surface area (Å²) in [7, 11) is 0. The third kappa shape index (κ3) is 4.26. The van der Waals surface area contributed by atoms with Crippen molar-refractivity contribution in [2.45, 2.75) is 32.4 Å². The predicted molar refractivity (Wildman–Crippen MR) is 73.1 cm³/mol. The zero-order valence-electron chi connectivity index (χ0n) is 10.4. The number of nitrogens with two attached hydrogens (primary N) is 1. The zero-order valence-corrected chi connectivity index (χ0v) is 11.2. The van der Waals surface area contributed by atoms with Crippen LogP contribution in [0.25, 0.3) is 0 Å². The van der Waals surface area contributed by atoms with E-state index in [9.17, 15) is 0 Å². The van der Waals surface area contributed by atoms with Gasteiger partial charge in [0, 0.05) is 31.5 Å². The van der Waals surface area contributed by atoms with Crippen LogP contribution in [-0.2, 0) is 6.54 Å². The second-order valence-corrected chi connectivity index (χ2v) is 4.86. The fraction of sp³-hybridized carbons (Fsp3) is 0.615. The lowest BCUT2D eigenvalue weighted by atomic mass is 9.92. The normalized spacial score (nSPS) is 22.8. The van der Waals surface area contributed by atoms with E-state index in [-0.39, 0.29) is 12.4 Å². The van der Waals surface area contributed by atoms with Gasteiger partial charge in [0.15, 0.2) is 0 Å². The minimum absolute atomic E-state index is 0. The summed E-state index contributed by atoms with van der Waals surface area (Å²) in [6, 6.07) is 4.46. The summed E-state index contributed by atoms with van der Waals surface area (Å²) in [5, 5.41) is 0. The van der Waals surface area contributed by atoms with Gasteiger partial charge in [-0.05, 0) is 43.9 Å². The molecule has 96 valence electrons. The van der Waals surface area contributed by atoms with Crippen molar-refractivity contribution in [3.05, 3.63) is 30.1 Å². The first-order valence-corrected chi connectivity index (χ1v) is 6.12. The molecule has 0 saturated carbocycles. The van der Waals surface area contributed by atoms with E-state index in [2.05, 4.69) is 22.9 Å². The van der Waals surface area contributed by atoms with Crippen LogP contribution in [0, 0.1) is 5.92 Å². The molecule has 0 amide bonds. The van der Waals surface area contributed by atoms with Gasteiger partial charge < -0.3 is 5.73 Å². The Kier molecular flexibility index (Phi) is 5.89.